The van der Waals surface area contributed by atoms with Gasteiger partial charge < -0.3 is 5.32 Å². The highest BCUT2D eigenvalue weighted by Gasteiger charge is 2.16. The molecule has 0 saturated carbocycles. The molecule has 3 aromatic rings. The molecule has 0 aliphatic rings. The molecule has 0 aliphatic heterocycles. The van der Waals surface area contributed by atoms with Gasteiger partial charge in [0.15, 0.2) is 0 Å². The minimum absolute atomic E-state index is 0.0612. The predicted octanol–water partition coefficient (Wildman–Crippen LogP) is 3.73. The Balaban J connectivity index is 1.93. The van der Waals surface area contributed by atoms with Crippen LogP contribution in [0.25, 0.3) is 10.2 Å². The van der Waals surface area contributed by atoms with Gasteiger partial charge in [-0.05, 0) is 44.5 Å². The summed E-state index contributed by atoms with van der Waals surface area (Å²) in [6, 6.07) is 8.37. The highest BCUT2D eigenvalue weighted by molar-refractivity contribution is 7.20. The Kier molecular flexibility index (Phi) is 4.17. The summed E-state index contributed by atoms with van der Waals surface area (Å²) in [4.78, 5) is 13.8. The molecule has 2 heterocycles. The van der Waals surface area contributed by atoms with Crippen LogP contribution in [0.15, 0.2) is 30.3 Å². The lowest BCUT2D eigenvalue weighted by molar-refractivity contribution is 0.0947. The fourth-order valence-electron chi connectivity index (χ4n) is 2.43. The second kappa shape index (κ2) is 6.12. The van der Waals surface area contributed by atoms with Crippen molar-refractivity contribution in [2.75, 3.05) is 0 Å². The first-order chi connectivity index (χ1) is 10.9. The van der Waals surface area contributed by atoms with E-state index < -0.39 is 0 Å². The zero-order valence-corrected chi connectivity index (χ0v) is 14.1. The molecule has 6 heteroatoms. The van der Waals surface area contributed by atoms with Crippen LogP contribution >= 0.6 is 11.3 Å². The van der Waals surface area contributed by atoms with Gasteiger partial charge in [0.1, 0.15) is 10.6 Å². The summed E-state index contributed by atoms with van der Waals surface area (Å²) in [6.45, 7) is 6.36. The maximum absolute atomic E-state index is 13.0. The molecule has 120 valence electrons. The molecule has 1 aromatic carbocycles. The zero-order chi connectivity index (χ0) is 16.6. The number of halogens is 1. The van der Waals surface area contributed by atoms with E-state index in [1.54, 1.807) is 12.1 Å². The summed E-state index contributed by atoms with van der Waals surface area (Å²) in [5, 5.41) is 8.43. The van der Waals surface area contributed by atoms with Crippen LogP contribution in [0.3, 0.4) is 0 Å². The van der Waals surface area contributed by atoms with Crippen LogP contribution in [-0.4, -0.2) is 21.7 Å². The number of nitrogens with zero attached hydrogens (tertiary/aromatic N) is 2. The summed E-state index contributed by atoms with van der Waals surface area (Å²) in [5.41, 5.74) is 1.86. The van der Waals surface area contributed by atoms with Gasteiger partial charge in [-0.3, -0.25) is 9.48 Å². The second-order valence-corrected chi connectivity index (χ2v) is 6.86. The number of carbonyl (C=O) groups is 1. The van der Waals surface area contributed by atoms with Crippen molar-refractivity contribution in [3.05, 3.63) is 52.3 Å². The number of aryl methyl sites for hydroxylation is 1. The molecule has 0 aliphatic carbocycles. The van der Waals surface area contributed by atoms with E-state index in [1.807, 2.05) is 31.5 Å². The largest absolute Gasteiger partial charge is 0.349 e. The molecule has 0 fully saturated rings. The second-order valence-electron chi connectivity index (χ2n) is 5.83. The monoisotopic (exact) mass is 331 g/mol. The summed E-state index contributed by atoms with van der Waals surface area (Å²) in [6.07, 6.45) is 0. The number of thiophene rings is 1. The van der Waals surface area contributed by atoms with E-state index >= 15 is 0 Å². The Labute approximate surface area is 137 Å². The van der Waals surface area contributed by atoms with E-state index in [9.17, 15) is 9.18 Å². The lowest BCUT2D eigenvalue weighted by Gasteiger charge is -2.06. The molecule has 0 radical (unpaired) electrons. The Morgan fingerprint density at radius 2 is 2.04 bits per heavy atom. The number of nitrogens with one attached hydrogen (secondary N) is 1. The highest BCUT2D eigenvalue weighted by Crippen LogP contribution is 2.29. The maximum atomic E-state index is 13.0. The molecule has 2 aromatic heterocycles. The van der Waals surface area contributed by atoms with E-state index in [-0.39, 0.29) is 17.8 Å². The predicted molar refractivity (Wildman–Crippen MR) is 90.5 cm³/mol. The zero-order valence-electron chi connectivity index (χ0n) is 13.3. The van der Waals surface area contributed by atoms with E-state index in [2.05, 4.69) is 10.4 Å². The van der Waals surface area contributed by atoms with Crippen LogP contribution in [0.5, 0.6) is 0 Å². The van der Waals surface area contributed by atoms with Crippen molar-refractivity contribution in [2.24, 2.45) is 0 Å². The van der Waals surface area contributed by atoms with Crippen LogP contribution in [0.1, 0.15) is 34.8 Å². The molecule has 0 atom stereocenters. The average Bonchev–Trinajstić information content (AvgIpc) is 3.03. The van der Waals surface area contributed by atoms with Crippen molar-refractivity contribution in [1.29, 1.82) is 0 Å². The number of benzene rings is 1. The quantitative estimate of drug-likeness (QED) is 0.792. The van der Waals surface area contributed by atoms with Gasteiger partial charge in [0.05, 0.1) is 17.1 Å². The number of hydrogen-bond donors (Lipinski definition) is 1. The maximum Gasteiger partial charge on any atom is 0.261 e. The highest BCUT2D eigenvalue weighted by atomic mass is 32.1. The van der Waals surface area contributed by atoms with E-state index in [0.29, 0.717) is 11.4 Å². The van der Waals surface area contributed by atoms with Gasteiger partial charge in [0, 0.05) is 11.4 Å². The molecular weight excluding hydrogens is 313 g/mol. The minimum Gasteiger partial charge on any atom is -0.349 e. The van der Waals surface area contributed by atoms with Gasteiger partial charge in [-0.2, -0.15) is 5.10 Å². The lowest BCUT2D eigenvalue weighted by Crippen LogP contribution is -2.29. The van der Waals surface area contributed by atoms with Crippen molar-refractivity contribution >= 4 is 27.5 Å². The third-order valence-corrected chi connectivity index (χ3v) is 4.64. The van der Waals surface area contributed by atoms with Crippen LogP contribution < -0.4 is 5.32 Å². The molecule has 23 heavy (non-hydrogen) atoms. The molecule has 0 saturated heterocycles. The number of aromatic nitrogens is 2. The molecule has 1 amide bonds. The first kappa shape index (κ1) is 15.7. The van der Waals surface area contributed by atoms with Crippen LogP contribution in [0.2, 0.25) is 0 Å². The van der Waals surface area contributed by atoms with Crippen molar-refractivity contribution in [3.63, 3.8) is 0 Å². The van der Waals surface area contributed by atoms with Gasteiger partial charge in [-0.25, -0.2) is 4.39 Å². The first-order valence-electron chi connectivity index (χ1n) is 7.46. The van der Waals surface area contributed by atoms with Gasteiger partial charge in [0.25, 0.3) is 5.91 Å². The summed E-state index contributed by atoms with van der Waals surface area (Å²) in [7, 11) is 0. The smallest absolute Gasteiger partial charge is 0.261 e. The number of fused-ring (bicyclic) bond motifs is 1. The molecule has 3 rings (SSSR count). The van der Waals surface area contributed by atoms with Gasteiger partial charge in [-0.1, -0.05) is 12.1 Å². The fraction of sp³-hybridized carbons (Fsp3) is 0.294. The van der Waals surface area contributed by atoms with Crippen molar-refractivity contribution in [2.45, 2.75) is 33.4 Å². The third-order valence-electron chi connectivity index (χ3n) is 3.50. The van der Waals surface area contributed by atoms with Crippen molar-refractivity contribution < 1.29 is 9.18 Å². The first-order valence-corrected chi connectivity index (χ1v) is 8.28. The topological polar surface area (TPSA) is 46.9 Å². The molecular formula is C17H18FN3OS. The van der Waals surface area contributed by atoms with Crippen LogP contribution in [-0.2, 0) is 6.54 Å². The summed E-state index contributed by atoms with van der Waals surface area (Å²) >= 11 is 1.43. The Bertz CT molecular complexity index is 849. The Hall–Kier alpha value is -2.21. The van der Waals surface area contributed by atoms with Crippen molar-refractivity contribution in [3.8, 4) is 0 Å². The molecule has 1 N–H and O–H groups in total. The minimum atomic E-state index is -0.251. The number of carbonyl (C=O) groups excluding carboxylic acids is 1. The standard InChI is InChI=1S/C17H18FN3OS/c1-10(2)19-16(22)15-8-14-11(3)20-21(17(14)23-15)9-12-4-6-13(18)7-5-12/h4-8,10H,9H2,1-3H3,(H,19,22). The SMILES string of the molecule is Cc1nn(Cc2ccc(F)cc2)c2sc(C(=O)NC(C)C)cc12. The average molecular weight is 331 g/mol. The Morgan fingerprint density at radius 1 is 1.35 bits per heavy atom. The normalized spacial score (nSPS) is 11.3. The van der Waals surface area contributed by atoms with Crippen LogP contribution in [0, 0.1) is 12.7 Å². The number of hydrogen-bond acceptors (Lipinski definition) is 3. The molecule has 0 spiro atoms. The van der Waals surface area contributed by atoms with E-state index in [1.165, 1.54) is 23.5 Å². The molecule has 0 unspecified atom stereocenters. The Morgan fingerprint density at radius 3 is 2.70 bits per heavy atom. The summed E-state index contributed by atoms with van der Waals surface area (Å²) < 4.78 is 14.9. The van der Waals surface area contributed by atoms with E-state index in [0.717, 1.165) is 21.5 Å². The third kappa shape index (κ3) is 3.27. The number of amides is 1. The van der Waals surface area contributed by atoms with Gasteiger partial charge in [0.2, 0.25) is 0 Å². The molecule has 4 nitrogen and oxygen atoms in total. The fourth-order valence-corrected chi connectivity index (χ4v) is 3.49. The van der Waals surface area contributed by atoms with Gasteiger partial charge >= 0.3 is 0 Å². The lowest BCUT2D eigenvalue weighted by atomic mass is 10.2. The van der Waals surface area contributed by atoms with E-state index in [4.69, 9.17) is 0 Å². The van der Waals surface area contributed by atoms with Gasteiger partial charge in [-0.15, -0.1) is 11.3 Å². The molecule has 0 bridgehead atoms. The van der Waals surface area contributed by atoms with Crippen LogP contribution in [0.4, 0.5) is 4.39 Å². The van der Waals surface area contributed by atoms with Crippen molar-refractivity contribution in [1.82, 2.24) is 15.1 Å². The summed E-state index contributed by atoms with van der Waals surface area (Å²) in [5.74, 6) is -0.312. The number of rotatable bonds is 4.